The van der Waals surface area contributed by atoms with Crippen molar-refractivity contribution in [2.24, 2.45) is 0 Å². The average Bonchev–Trinajstić information content (AvgIpc) is 2.43. The van der Waals surface area contributed by atoms with E-state index in [0.717, 1.165) is 6.07 Å². The Bertz CT molecular complexity index is 735. The fourth-order valence-corrected chi connectivity index (χ4v) is 1.68. The Labute approximate surface area is 117 Å². The van der Waals surface area contributed by atoms with Gasteiger partial charge in [0.25, 0.3) is 11.6 Å². The topological polar surface area (TPSA) is 98.3 Å². The number of carbonyl (C=O) groups excluding carboxylic acids is 1. The van der Waals surface area contributed by atoms with Crippen molar-refractivity contribution in [2.75, 3.05) is 11.1 Å². The van der Waals surface area contributed by atoms with Gasteiger partial charge >= 0.3 is 0 Å². The van der Waals surface area contributed by atoms with Crippen molar-refractivity contribution in [2.45, 2.75) is 0 Å². The zero-order valence-electron chi connectivity index (χ0n) is 10.5. The summed E-state index contributed by atoms with van der Waals surface area (Å²) in [6.07, 6.45) is 0. The van der Waals surface area contributed by atoms with Crippen LogP contribution in [-0.4, -0.2) is 10.8 Å². The van der Waals surface area contributed by atoms with Gasteiger partial charge in [-0.1, -0.05) is 6.07 Å². The van der Waals surface area contributed by atoms with Crippen molar-refractivity contribution >= 4 is 23.0 Å². The summed E-state index contributed by atoms with van der Waals surface area (Å²) in [6.45, 7) is 0. The quantitative estimate of drug-likeness (QED) is 0.516. The van der Waals surface area contributed by atoms with Crippen LogP contribution in [0.25, 0.3) is 0 Å². The van der Waals surface area contributed by atoms with Crippen LogP contribution in [0.3, 0.4) is 0 Å². The molecule has 2 aromatic rings. The number of nitro benzene ring substituents is 1. The second-order valence-electron chi connectivity index (χ2n) is 4.09. The van der Waals surface area contributed by atoms with Crippen LogP contribution in [0.15, 0.2) is 36.4 Å². The summed E-state index contributed by atoms with van der Waals surface area (Å²) in [7, 11) is 0. The molecule has 2 aromatic carbocycles. The van der Waals surface area contributed by atoms with Crippen LogP contribution < -0.4 is 11.1 Å². The second-order valence-corrected chi connectivity index (χ2v) is 4.09. The predicted octanol–water partition coefficient (Wildman–Crippen LogP) is 2.71. The number of nitrogens with one attached hydrogen (secondary N) is 1. The number of hydrogen-bond donors (Lipinski definition) is 2. The van der Waals surface area contributed by atoms with E-state index in [-0.39, 0.29) is 11.3 Å². The first-order valence-corrected chi connectivity index (χ1v) is 5.69. The normalized spacial score (nSPS) is 10.2. The van der Waals surface area contributed by atoms with Crippen molar-refractivity contribution in [1.29, 1.82) is 0 Å². The van der Waals surface area contributed by atoms with E-state index in [4.69, 9.17) is 5.73 Å². The number of nitrogen functional groups attached to an aromatic ring is 1. The lowest BCUT2D eigenvalue weighted by Gasteiger charge is -2.08. The van der Waals surface area contributed by atoms with Crippen molar-refractivity contribution in [3.8, 4) is 0 Å². The Balaban J connectivity index is 2.41. The summed E-state index contributed by atoms with van der Waals surface area (Å²) in [5.74, 6) is -3.64. The monoisotopic (exact) mass is 293 g/mol. The zero-order valence-corrected chi connectivity index (χ0v) is 10.5. The molecule has 0 saturated heterocycles. The van der Waals surface area contributed by atoms with Crippen LogP contribution in [0, 0.1) is 21.7 Å². The highest BCUT2D eigenvalue weighted by molar-refractivity contribution is 6.05. The van der Waals surface area contributed by atoms with E-state index in [9.17, 15) is 23.7 Å². The van der Waals surface area contributed by atoms with Crippen LogP contribution in [0.1, 0.15) is 10.4 Å². The lowest BCUT2D eigenvalue weighted by atomic mass is 10.1. The highest BCUT2D eigenvalue weighted by Crippen LogP contribution is 2.29. The van der Waals surface area contributed by atoms with Gasteiger partial charge in [-0.3, -0.25) is 14.9 Å². The summed E-state index contributed by atoms with van der Waals surface area (Å²) in [6, 6.07) is 7.09. The van der Waals surface area contributed by atoms with E-state index in [1.165, 1.54) is 24.3 Å². The molecule has 0 unspecified atom stereocenters. The molecule has 0 aliphatic carbocycles. The molecule has 0 radical (unpaired) electrons. The van der Waals surface area contributed by atoms with Gasteiger partial charge in [-0.15, -0.1) is 0 Å². The highest BCUT2D eigenvalue weighted by atomic mass is 19.2. The first-order valence-electron chi connectivity index (χ1n) is 5.69. The third-order valence-corrected chi connectivity index (χ3v) is 2.66. The SMILES string of the molecule is Nc1cccc(C(=O)Nc2c([N+](=O)[O-])ccc(F)c2F)c1. The van der Waals surface area contributed by atoms with Gasteiger partial charge in [-0.05, 0) is 24.3 Å². The molecule has 0 aliphatic rings. The van der Waals surface area contributed by atoms with Gasteiger partial charge < -0.3 is 11.1 Å². The number of nitro groups is 1. The standard InChI is InChI=1S/C13H9F2N3O3/c14-9-4-5-10(18(20)21)12(11(9)15)17-13(19)7-2-1-3-8(16)6-7/h1-6H,16H2,(H,17,19). The number of amides is 1. The molecule has 0 aliphatic heterocycles. The zero-order chi connectivity index (χ0) is 15.6. The molecule has 1 amide bonds. The van der Waals surface area contributed by atoms with E-state index in [0.29, 0.717) is 6.07 Å². The number of rotatable bonds is 3. The molecule has 0 fully saturated rings. The van der Waals surface area contributed by atoms with Crippen LogP contribution in [0.4, 0.5) is 25.8 Å². The van der Waals surface area contributed by atoms with Gasteiger partial charge in [0.15, 0.2) is 17.3 Å². The van der Waals surface area contributed by atoms with Crippen LogP contribution in [0.5, 0.6) is 0 Å². The molecule has 21 heavy (non-hydrogen) atoms. The fourth-order valence-electron chi connectivity index (χ4n) is 1.68. The third kappa shape index (κ3) is 2.94. The average molecular weight is 293 g/mol. The largest absolute Gasteiger partial charge is 0.399 e. The number of carbonyl (C=O) groups is 1. The summed E-state index contributed by atoms with van der Waals surface area (Å²) in [4.78, 5) is 21.8. The van der Waals surface area contributed by atoms with Gasteiger partial charge in [-0.25, -0.2) is 8.78 Å². The predicted molar refractivity (Wildman–Crippen MR) is 71.8 cm³/mol. The van der Waals surface area contributed by atoms with Gasteiger partial charge in [0.1, 0.15) is 0 Å². The Kier molecular flexibility index (Phi) is 3.79. The van der Waals surface area contributed by atoms with E-state index in [1.54, 1.807) is 0 Å². The second kappa shape index (κ2) is 5.53. The van der Waals surface area contributed by atoms with Gasteiger partial charge in [0.05, 0.1) is 4.92 Å². The molecule has 2 rings (SSSR count). The lowest BCUT2D eigenvalue weighted by Crippen LogP contribution is -2.15. The smallest absolute Gasteiger partial charge is 0.296 e. The molecule has 8 heteroatoms. The molecule has 0 spiro atoms. The molecule has 0 bridgehead atoms. The third-order valence-electron chi connectivity index (χ3n) is 2.66. The van der Waals surface area contributed by atoms with Crippen LogP contribution >= 0.6 is 0 Å². The van der Waals surface area contributed by atoms with Gasteiger partial charge in [0, 0.05) is 17.3 Å². The van der Waals surface area contributed by atoms with Crippen LogP contribution in [0.2, 0.25) is 0 Å². The Morgan fingerprint density at radius 1 is 1.24 bits per heavy atom. The summed E-state index contributed by atoms with van der Waals surface area (Å²) in [5.41, 5.74) is 4.28. The molecule has 0 atom stereocenters. The Morgan fingerprint density at radius 2 is 1.95 bits per heavy atom. The molecule has 0 aromatic heterocycles. The minimum atomic E-state index is -1.50. The maximum absolute atomic E-state index is 13.7. The van der Waals surface area contributed by atoms with Crippen LogP contribution in [-0.2, 0) is 0 Å². The summed E-state index contributed by atoms with van der Waals surface area (Å²) in [5, 5.41) is 12.8. The van der Waals surface area contributed by atoms with Crippen molar-refractivity contribution < 1.29 is 18.5 Å². The lowest BCUT2D eigenvalue weighted by molar-refractivity contribution is -0.384. The number of halogens is 2. The molecular weight excluding hydrogens is 284 g/mol. The number of benzene rings is 2. The molecule has 108 valence electrons. The van der Waals surface area contributed by atoms with Gasteiger partial charge in [-0.2, -0.15) is 0 Å². The van der Waals surface area contributed by atoms with E-state index < -0.39 is 33.8 Å². The number of hydrogen-bond acceptors (Lipinski definition) is 4. The fraction of sp³-hybridized carbons (Fsp3) is 0. The van der Waals surface area contributed by atoms with E-state index in [2.05, 4.69) is 0 Å². The molecule has 0 saturated carbocycles. The van der Waals surface area contributed by atoms with E-state index >= 15 is 0 Å². The van der Waals surface area contributed by atoms with E-state index in [1.807, 2.05) is 5.32 Å². The highest BCUT2D eigenvalue weighted by Gasteiger charge is 2.23. The first-order chi connectivity index (χ1) is 9.90. The molecular formula is C13H9F2N3O3. The number of anilines is 2. The first kappa shape index (κ1) is 14.4. The molecule has 6 nitrogen and oxygen atoms in total. The Morgan fingerprint density at radius 3 is 2.57 bits per heavy atom. The van der Waals surface area contributed by atoms with Crippen molar-refractivity contribution in [1.82, 2.24) is 0 Å². The minimum absolute atomic E-state index is 0.0629. The summed E-state index contributed by atoms with van der Waals surface area (Å²) < 4.78 is 26.8. The maximum atomic E-state index is 13.7. The number of nitrogens with two attached hydrogens (primary N) is 1. The van der Waals surface area contributed by atoms with Crippen molar-refractivity contribution in [3.05, 3.63) is 63.7 Å². The maximum Gasteiger partial charge on any atom is 0.296 e. The number of nitrogens with zero attached hydrogens (tertiary/aromatic N) is 1. The van der Waals surface area contributed by atoms with Gasteiger partial charge in [0.2, 0.25) is 0 Å². The minimum Gasteiger partial charge on any atom is -0.399 e. The Hall–Kier alpha value is -3.03. The molecule has 3 N–H and O–H groups in total. The van der Waals surface area contributed by atoms with Crippen molar-refractivity contribution in [3.63, 3.8) is 0 Å². The summed E-state index contributed by atoms with van der Waals surface area (Å²) >= 11 is 0. The molecule has 0 heterocycles.